The molecule has 1 aliphatic heterocycles. The van der Waals surface area contributed by atoms with Crippen molar-refractivity contribution >= 4 is 11.3 Å². The van der Waals surface area contributed by atoms with E-state index in [1.807, 2.05) is 13.1 Å². The van der Waals surface area contributed by atoms with E-state index in [0.29, 0.717) is 0 Å². The van der Waals surface area contributed by atoms with Crippen LogP contribution in [-0.4, -0.2) is 22.7 Å². The fourth-order valence-electron chi connectivity index (χ4n) is 1.64. The molecule has 2 atom stereocenters. The van der Waals surface area contributed by atoms with E-state index in [9.17, 15) is 5.11 Å². The molecule has 0 spiro atoms. The van der Waals surface area contributed by atoms with Crippen LogP contribution in [0.1, 0.15) is 28.8 Å². The van der Waals surface area contributed by atoms with Crippen molar-refractivity contribution in [2.45, 2.75) is 31.9 Å². The third kappa shape index (κ3) is 1.90. The fraction of sp³-hybridized carbons (Fsp3) is 0.667. The van der Waals surface area contributed by atoms with Crippen LogP contribution in [0.5, 0.6) is 0 Å². The molecule has 1 aromatic heterocycles. The number of aromatic nitrogens is 1. The third-order valence-electron chi connectivity index (χ3n) is 2.33. The second-order valence-electron chi connectivity index (χ2n) is 3.45. The Morgan fingerprint density at radius 1 is 1.69 bits per heavy atom. The predicted molar refractivity (Wildman–Crippen MR) is 52.8 cm³/mol. The highest BCUT2D eigenvalue weighted by Gasteiger charge is 2.26. The predicted octanol–water partition coefficient (Wildman–Crippen LogP) is 1.24. The van der Waals surface area contributed by atoms with Crippen LogP contribution in [0, 0.1) is 6.92 Å². The minimum absolute atomic E-state index is 0.0625. The first-order valence-electron chi connectivity index (χ1n) is 4.61. The molecule has 0 aromatic carbocycles. The molecular formula is C9H14N2OS. The van der Waals surface area contributed by atoms with E-state index in [0.717, 1.165) is 24.4 Å². The Labute approximate surface area is 81.8 Å². The molecule has 2 rings (SSSR count). The molecule has 0 bridgehead atoms. The first-order chi connectivity index (χ1) is 6.27. The van der Waals surface area contributed by atoms with E-state index in [2.05, 4.69) is 10.3 Å². The molecule has 1 aliphatic rings. The lowest BCUT2D eigenvalue weighted by Gasteiger charge is -2.27. The van der Waals surface area contributed by atoms with E-state index in [-0.39, 0.29) is 12.1 Å². The fourth-order valence-corrected chi connectivity index (χ4v) is 2.55. The third-order valence-corrected chi connectivity index (χ3v) is 3.33. The van der Waals surface area contributed by atoms with E-state index >= 15 is 0 Å². The van der Waals surface area contributed by atoms with Crippen molar-refractivity contribution in [1.29, 1.82) is 0 Å². The summed E-state index contributed by atoms with van der Waals surface area (Å²) in [5.74, 6) is 0. The number of thiazole rings is 1. The van der Waals surface area contributed by atoms with Gasteiger partial charge >= 0.3 is 0 Å². The van der Waals surface area contributed by atoms with Crippen LogP contribution < -0.4 is 5.32 Å². The van der Waals surface area contributed by atoms with Gasteiger partial charge in [0, 0.05) is 11.1 Å². The van der Waals surface area contributed by atoms with E-state index in [4.69, 9.17) is 0 Å². The molecule has 1 fully saturated rings. The molecule has 1 aromatic rings. The minimum Gasteiger partial charge on any atom is -0.391 e. The Morgan fingerprint density at radius 2 is 2.54 bits per heavy atom. The highest BCUT2D eigenvalue weighted by molar-refractivity contribution is 7.11. The first-order valence-corrected chi connectivity index (χ1v) is 5.43. The van der Waals surface area contributed by atoms with Gasteiger partial charge in [0.25, 0.3) is 0 Å². The molecule has 13 heavy (non-hydrogen) atoms. The monoisotopic (exact) mass is 198 g/mol. The smallest absolute Gasteiger partial charge is 0.112 e. The number of aliphatic hydroxyl groups is 1. The summed E-state index contributed by atoms with van der Waals surface area (Å²) in [4.78, 5) is 5.49. The van der Waals surface area contributed by atoms with Crippen molar-refractivity contribution in [3.63, 3.8) is 0 Å². The standard InChI is InChI=1S/C9H14N2OS/c1-6-5-11-9(13-6)8-7(12)3-2-4-10-8/h5,7-8,10,12H,2-4H2,1H3. The van der Waals surface area contributed by atoms with Gasteiger partial charge in [0.15, 0.2) is 0 Å². The molecule has 3 nitrogen and oxygen atoms in total. The summed E-state index contributed by atoms with van der Waals surface area (Å²) in [5, 5.41) is 14.1. The van der Waals surface area contributed by atoms with Crippen LogP contribution >= 0.6 is 11.3 Å². The molecule has 0 saturated carbocycles. The van der Waals surface area contributed by atoms with Crippen molar-refractivity contribution in [3.05, 3.63) is 16.1 Å². The molecule has 0 amide bonds. The molecule has 4 heteroatoms. The molecular weight excluding hydrogens is 184 g/mol. The first kappa shape index (κ1) is 9.12. The molecule has 2 heterocycles. The zero-order valence-corrected chi connectivity index (χ0v) is 8.47. The Bertz CT molecular complexity index is 287. The van der Waals surface area contributed by atoms with Crippen molar-refractivity contribution in [2.75, 3.05) is 6.54 Å². The molecule has 2 unspecified atom stereocenters. The second-order valence-corrected chi connectivity index (χ2v) is 4.72. The number of hydrogen-bond donors (Lipinski definition) is 2. The maximum absolute atomic E-state index is 9.74. The summed E-state index contributed by atoms with van der Waals surface area (Å²) in [6.45, 7) is 3.02. The topological polar surface area (TPSA) is 45.2 Å². The molecule has 72 valence electrons. The van der Waals surface area contributed by atoms with Gasteiger partial charge < -0.3 is 10.4 Å². The van der Waals surface area contributed by atoms with Crippen LogP contribution in [0.4, 0.5) is 0 Å². The minimum atomic E-state index is -0.265. The van der Waals surface area contributed by atoms with Gasteiger partial charge in [-0.3, -0.25) is 0 Å². The largest absolute Gasteiger partial charge is 0.391 e. The summed E-state index contributed by atoms with van der Waals surface area (Å²) >= 11 is 1.66. The van der Waals surface area contributed by atoms with Crippen LogP contribution in [-0.2, 0) is 0 Å². The van der Waals surface area contributed by atoms with Crippen molar-refractivity contribution in [2.24, 2.45) is 0 Å². The summed E-state index contributed by atoms with van der Waals surface area (Å²) < 4.78 is 0. The maximum atomic E-state index is 9.74. The van der Waals surface area contributed by atoms with E-state index < -0.39 is 0 Å². The lowest BCUT2D eigenvalue weighted by atomic mass is 10.0. The van der Waals surface area contributed by atoms with Gasteiger partial charge in [0.1, 0.15) is 5.01 Å². The van der Waals surface area contributed by atoms with Gasteiger partial charge in [-0.25, -0.2) is 4.98 Å². The van der Waals surface area contributed by atoms with Gasteiger partial charge in [-0.2, -0.15) is 0 Å². The van der Waals surface area contributed by atoms with Gasteiger partial charge in [0.05, 0.1) is 12.1 Å². The number of nitrogens with zero attached hydrogens (tertiary/aromatic N) is 1. The quantitative estimate of drug-likeness (QED) is 0.713. The number of aryl methyl sites for hydroxylation is 1. The average molecular weight is 198 g/mol. The van der Waals surface area contributed by atoms with Gasteiger partial charge in [-0.05, 0) is 26.3 Å². The average Bonchev–Trinajstić information content (AvgIpc) is 2.53. The van der Waals surface area contributed by atoms with Crippen molar-refractivity contribution in [3.8, 4) is 0 Å². The highest BCUT2D eigenvalue weighted by Crippen LogP contribution is 2.26. The summed E-state index contributed by atoms with van der Waals surface area (Å²) in [7, 11) is 0. The molecule has 2 N–H and O–H groups in total. The van der Waals surface area contributed by atoms with Crippen LogP contribution in [0.2, 0.25) is 0 Å². The Kier molecular flexibility index (Phi) is 2.62. The number of hydrogen-bond acceptors (Lipinski definition) is 4. The zero-order chi connectivity index (χ0) is 9.26. The SMILES string of the molecule is Cc1cnc(C2NCCCC2O)s1. The Morgan fingerprint density at radius 3 is 3.15 bits per heavy atom. The van der Waals surface area contributed by atoms with Crippen LogP contribution in [0.25, 0.3) is 0 Å². The summed E-state index contributed by atoms with van der Waals surface area (Å²) in [6.07, 6.45) is 3.54. The zero-order valence-electron chi connectivity index (χ0n) is 7.66. The number of nitrogens with one attached hydrogen (secondary N) is 1. The van der Waals surface area contributed by atoms with Crippen molar-refractivity contribution < 1.29 is 5.11 Å². The Balaban J connectivity index is 2.14. The van der Waals surface area contributed by atoms with E-state index in [1.165, 1.54) is 4.88 Å². The van der Waals surface area contributed by atoms with Gasteiger partial charge in [0.2, 0.25) is 0 Å². The van der Waals surface area contributed by atoms with E-state index in [1.54, 1.807) is 11.3 Å². The lowest BCUT2D eigenvalue weighted by Crippen LogP contribution is -2.37. The molecule has 1 saturated heterocycles. The maximum Gasteiger partial charge on any atom is 0.112 e. The van der Waals surface area contributed by atoms with Crippen LogP contribution in [0.3, 0.4) is 0 Å². The van der Waals surface area contributed by atoms with Crippen LogP contribution in [0.15, 0.2) is 6.20 Å². The normalized spacial score (nSPS) is 29.1. The van der Waals surface area contributed by atoms with Gasteiger partial charge in [-0.15, -0.1) is 11.3 Å². The molecule has 0 radical (unpaired) electrons. The number of aliphatic hydroxyl groups excluding tert-OH is 1. The summed E-state index contributed by atoms with van der Waals surface area (Å²) in [6, 6.07) is 0.0625. The van der Waals surface area contributed by atoms with Gasteiger partial charge in [-0.1, -0.05) is 0 Å². The number of rotatable bonds is 1. The molecule has 0 aliphatic carbocycles. The highest BCUT2D eigenvalue weighted by atomic mass is 32.1. The van der Waals surface area contributed by atoms with Crippen molar-refractivity contribution in [1.82, 2.24) is 10.3 Å². The lowest BCUT2D eigenvalue weighted by molar-refractivity contribution is 0.0964. The Hall–Kier alpha value is -0.450. The second kappa shape index (κ2) is 3.74. The summed E-state index contributed by atoms with van der Waals surface area (Å²) in [5.41, 5.74) is 0. The number of piperidine rings is 1.